The first-order valence-electron chi connectivity index (χ1n) is 5.64. The van der Waals surface area contributed by atoms with Gasteiger partial charge in [-0.25, -0.2) is 0 Å². The number of hydrogen-bond acceptors (Lipinski definition) is 2. The maximum Gasteiger partial charge on any atom is 0.416 e. The Bertz CT molecular complexity index is 590. The standard InChI is InChI=1S/C13H10Br2F3NS/c14-9-6-11(20-12(9)15)10(19)5-7-2-1-3-8(4-7)13(16,17)18/h1-4,6,10H,5,19H2. The first-order chi connectivity index (χ1) is 9.27. The maximum absolute atomic E-state index is 12.6. The van der Waals surface area contributed by atoms with Crippen molar-refractivity contribution in [1.82, 2.24) is 0 Å². The van der Waals surface area contributed by atoms with Gasteiger partial charge in [-0.1, -0.05) is 18.2 Å². The van der Waals surface area contributed by atoms with Gasteiger partial charge >= 0.3 is 6.18 Å². The zero-order valence-electron chi connectivity index (χ0n) is 10.0. The molecule has 0 spiro atoms. The van der Waals surface area contributed by atoms with Crippen molar-refractivity contribution in [3.63, 3.8) is 0 Å². The summed E-state index contributed by atoms with van der Waals surface area (Å²) < 4.78 is 39.8. The lowest BCUT2D eigenvalue weighted by Gasteiger charge is -2.12. The summed E-state index contributed by atoms with van der Waals surface area (Å²) in [6.07, 6.45) is -3.96. The minimum absolute atomic E-state index is 0.328. The normalized spacial score (nSPS) is 13.5. The van der Waals surface area contributed by atoms with Crippen LogP contribution in [0, 0.1) is 0 Å². The first-order valence-corrected chi connectivity index (χ1v) is 8.04. The molecule has 0 fully saturated rings. The Morgan fingerprint density at radius 1 is 1.20 bits per heavy atom. The van der Waals surface area contributed by atoms with Gasteiger partial charge in [-0.2, -0.15) is 13.2 Å². The molecule has 2 aromatic rings. The van der Waals surface area contributed by atoms with Crippen molar-refractivity contribution in [1.29, 1.82) is 0 Å². The van der Waals surface area contributed by atoms with Crippen LogP contribution in [0.3, 0.4) is 0 Å². The second-order valence-electron chi connectivity index (χ2n) is 4.28. The largest absolute Gasteiger partial charge is 0.416 e. The number of rotatable bonds is 3. The molecule has 1 unspecified atom stereocenters. The molecule has 2 N–H and O–H groups in total. The molecule has 0 aliphatic carbocycles. The fourth-order valence-electron chi connectivity index (χ4n) is 1.78. The van der Waals surface area contributed by atoms with Gasteiger partial charge in [0, 0.05) is 15.4 Å². The molecule has 0 radical (unpaired) electrons. The van der Waals surface area contributed by atoms with Crippen LogP contribution in [0.4, 0.5) is 13.2 Å². The number of thiophene rings is 1. The molecule has 1 aromatic heterocycles. The lowest BCUT2D eigenvalue weighted by molar-refractivity contribution is -0.137. The van der Waals surface area contributed by atoms with Crippen molar-refractivity contribution in [2.24, 2.45) is 5.73 Å². The van der Waals surface area contributed by atoms with Crippen LogP contribution in [0.25, 0.3) is 0 Å². The van der Waals surface area contributed by atoms with Gasteiger partial charge in [-0.15, -0.1) is 11.3 Å². The quantitative estimate of drug-likeness (QED) is 0.682. The van der Waals surface area contributed by atoms with E-state index in [2.05, 4.69) is 31.9 Å². The van der Waals surface area contributed by atoms with Gasteiger partial charge in [0.1, 0.15) is 0 Å². The number of hydrogen-bond donors (Lipinski definition) is 1. The van der Waals surface area contributed by atoms with E-state index in [-0.39, 0.29) is 6.04 Å². The molecule has 0 aliphatic rings. The number of benzene rings is 1. The van der Waals surface area contributed by atoms with Gasteiger partial charge in [0.15, 0.2) is 0 Å². The average molecular weight is 429 g/mol. The molecular weight excluding hydrogens is 419 g/mol. The van der Waals surface area contributed by atoms with Crippen LogP contribution in [0.1, 0.15) is 22.0 Å². The van der Waals surface area contributed by atoms with Crippen molar-refractivity contribution in [3.05, 3.63) is 54.6 Å². The Balaban J connectivity index is 2.17. The minimum atomic E-state index is -4.32. The second kappa shape index (κ2) is 6.17. The van der Waals surface area contributed by atoms with Gasteiger partial charge in [-0.3, -0.25) is 0 Å². The third-order valence-electron chi connectivity index (χ3n) is 2.74. The van der Waals surface area contributed by atoms with Crippen molar-refractivity contribution in [3.8, 4) is 0 Å². The molecule has 20 heavy (non-hydrogen) atoms. The molecule has 0 bridgehead atoms. The van der Waals surface area contributed by atoms with Gasteiger partial charge in [-0.05, 0) is 56.0 Å². The summed E-state index contributed by atoms with van der Waals surface area (Å²) in [4.78, 5) is 0.918. The lowest BCUT2D eigenvalue weighted by Crippen LogP contribution is -2.13. The predicted octanol–water partition coefficient (Wildman–Crippen LogP) is 5.53. The smallest absolute Gasteiger partial charge is 0.323 e. The average Bonchev–Trinajstić information content (AvgIpc) is 2.69. The summed E-state index contributed by atoms with van der Waals surface area (Å²) in [7, 11) is 0. The van der Waals surface area contributed by atoms with Crippen LogP contribution >= 0.6 is 43.2 Å². The molecule has 0 saturated carbocycles. The lowest BCUT2D eigenvalue weighted by atomic mass is 10.0. The number of halogens is 5. The van der Waals surface area contributed by atoms with Crippen molar-refractivity contribution in [2.45, 2.75) is 18.6 Å². The van der Waals surface area contributed by atoms with Crippen LogP contribution in [-0.2, 0) is 12.6 Å². The number of alkyl halides is 3. The molecule has 0 aliphatic heterocycles. The molecule has 2 rings (SSSR count). The SMILES string of the molecule is NC(Cc1cccc(C(F)(F)F)c1)c1cc(Br)c(Br)s1. The highest BCUT2D eigenvalue weighted by Gasteiger charge is 2.30. The molecule has 1 heterocycles. The summed E-state index contributed by atoms with van der Waals surface area (Å²) in [6, 6.07) is 6.83. The maximum atomic E-state index is 12.6. The summed E-state index contributed by atoms with van der Waals surface area (Å²) in [5.74, 6) is 0. The summed E-state index contributed by atoms with van der Waals surface area (Å²) in [5, 5.41) is 0. The van der Waals surface area contributed by atoms with Gasteiger partial charge in [0.05, 0.1) is 9.35 Å². The molecule has 1 nitrogen and oxygen atoms in total. The van der Waals surface area contributed by atoms with Crippen LogP contribution in [0.2, 0.25) is 0 Å². The Morgan fingerprint density at radius 3 is 2.45 bits per heavy atom. The molecular formula is C13H10Br2F3NS. The van der Waals surface area contributed by atoms with Crippen LogP contribution < -0.4 is 5.73 Å². The Morgan fingerprint density at radius 2 is 1.90 bits per heavy atom. The fourth-order valence-corrected chi connectivity index (χ4v) is 3.87. The van der Waals surface area contributed by atoms with E-state index >= 15 is 0 Å². The predicted molar refractivity (Wildman–Crippen MR) is 81.8 cm³/mol. The summed E-state index contributed by atoms with van der Waals surface area (Å²) in [6.45, 7) is 0. The topological polar surface area (TPSA) is 26.0 Å². The third-order valence-corrected chi connectivity index (χ3v) is 6.13. The molecule has 108 valence electrons. The van der Waals surface area contributed by atoms with E-state index in [0.29, 0.717) is 12.0 Å². The van der Waals surface area contributed by atoms with Crippen molar-refractivity contribution in [2.75, 3.05) is 0 Å². The minimum Gasteiger partial charge on any atom is -0.323 e. The van der Waals surface area contributed by atoms with E-state index < -0.39 is 11.7 Å². The van der Waals surface area contributed by atoms with Crippen LogP contribution in [0.15, 0.2) is 38.6 Å². The van der Waals surface area contributed by atoms with E-state index in [1.54, 1.807) is 6.07 Å². The van der Waals surface area contributed by atoms with E-state index in [1.165, 1.54) is 17.4 Å². The Kier molecular flexibility index (Phi) is 4.94. The molecule has 1 atom stereocenters. The van der Waals surface area contributed by atoms with Gasteiger partial charge in [0.2, 0.25) is 0 Å². The molecule has 0 amide bonds. The van der Waals surface area contributed by atoms with E-state index in [9.17, 15) is 13.2 Å². The van der Waals surface area contributed by atoms with Crippen molar-refractivity contribution < 1.29 is 13.2 Å². The zero-order valence-corrected chi connectivity index (χ0v) is 14.0. The second-order valence-corrected chi connectivity index (χ2v) is 7.54. The summed E-state index contributed by atoms with van der Waals surface area (Å²) >= 11 is 8.22. The van der Waals surface area contributed by atoms with Crippen molar-refractivity contribution >= 4 is 43.2 Å². The fraction of sp³-hybridized carbons (Fsp3) is 0.231. The molecule has 1 aromatic carbocycles. The van der Waals surface area contributed by atoms with Gasteiger partial charge < -0.3 is 5.73 Å². The Labute approximate surface area is 135 Å². The highest BCUT2D eigenvalue weighted by molar-refractivity contribution is 9.13. The van der Waals surface area contributed by atoms with Crippen LogP contribution in [0.5, 0.6) is 0 Å². The molecule has 0 saturated heterocycles. The zero-order chi connectivity index (χ0) is 14.9. The van der Waals surface area contributed by atoms with E-state index in [4.69, 9.17) is 5.73 Å². The molecule has 7 heteroatoms. The highest BCUT2D eigenvalue weighted by atomic mass is 79.9. The first kappa shape index (κ1) is 16.0. The summed E-state index contributed by atoms with van der Waals surface area (Å²) in [5.41, 5.74) is 5.99. The Hall–Kier alpha value is -0.370. The van der Waals surface area contributed by atoms with Crippen LogP contribution in [-0.4, -0.2) is 0 Å². The monoisotopic (exact) mass is 427 g/mol. The third kappa shape index (κ3) is 3.84. The van der Waals surface area contributed by atoms with E-state index in [0.717, 1.165) is 25.3 Å². The highest BCUT2D eigenvalue weighted by Crippen LogP contribution is 2.36. The van der Waals surface area contributed by atoms with Gasteiger partial charge in [0.25, 0.3) is 0 Å². The van der Waals surface area contributed by atoms with E-state index in [1.807, 2.05) is 6.07 Å². The number of nitrogens with two attached hydrogens (primary N) is 1.